The zero-order chi connectivity index (χ0) is 25.6. The van der Waals surface area contributed by atoms with Gasteiger partial charge in [0.2, 0.25) is 0 Å². The molecule has 1 N–H and O–H groups in total. The molecule has 0 aromatic heterocycles. The Bertz CT molecular complexity index is 1300. The molecule has 0 aliphatic carbocycles. The van der Waals surface area contributed by atoms with Crippen LogP contribution >= 0.6 is 22.6 Å². The van der Waals surface area contributed by atoms with Gasteiger partial charge in [-0.25, -0.2) is 4.39 Å². The van der Waals surface area contributed by atoms with Crippen LogP contribution in [0.3, 0.4) is 0 Å². The maximum atomic E-state index is 13.2. The number of carbonyl (C=O) groups excluding carboxylic acids is 1. The number of ether oxygens (including phenoxy) is 2. The number of alkyl halides is 3. The fraction of sp³-hybridized carbons (Fsp3) is 0.120. The predicted molar refractivity (Wildman–Crippen MR) is 130 cm³/mol. The van der Waals surface area contributed by atoms with E-state index in [9.17, 15) is 27.6 Å². The molecule has 0 aliphatic heterocycles. The van der Waals surface area contributed by atoms with E-state index >= 15 is 0 Å². The fourth-order valence-electron chi connectivity index (χ4n) is 3.04. The van der Waals surface area contributed by atoms with Gasteiger partial charge in [0.15, 0.2) is 11.5 Å². The molecule has 10 heteroatoms. The number of anilines is 1. The van der Waals surface area contributed by atoms with E-state index in [1.807, 2.05) is 22.6 Å². The van der Waals surface area contributed by atoms with Gasteiger partial charge in [-0.15, -0.1) is 0 Å². The fourth-order valence-corrected chi connectivity index (χ4v) is 3.82. The van der Waals surface area contributed by atoms with E-state index in [1.165, 1.54) is 43.5 Å². The van der Waals surface area contributed by atoms with Crippen molar-refractivity contribution in [3.63, 3.8) is 0 Å². The molecule has 180 valence electrons. The summed E-state index contributed by atoms with van der Waals surface area (Å²) in [6.45, 7) is 0.145. The lowest BCUT2D eigenvalue weighted by Crippen LogP contribution is -2.17. The van der Waals surface area contributed by atoms with Crippen molar-refractivity contribution in [2.75, 3.05) is 12.4 Å². The number of hydrogen-bond acceptors (Lipinski definition) is 4. The third-order valence-corrected chi connectivity index (χ3v) is 5.51. The van der Waals surface area contributed by atoms with Crippen LogP contribution in [0.5, 0.6) is 11.5 Å². The molecule has 0 saturated heterocycles. The summed E-state index contributed by atoms with van der Waals surface area (Å²) >= 11 is 1.99. The van der Waals surface area contributed by atoms with Crippen molar-refractivity contribution >= 4 is 40.3 Å². The normalized spacial score (nSPS) is 11.5. The number of nitrogens with zero attached hydrogens (tertiary/aromatic N) is 1. The maximum absolute atomic E-state index is 13.2. The smallest absolute Gasteiger partial charge is 0.418 e. The van der Waals surface area contributed by atoms with Crippen molar-refractivity contribution in [2.24, 2.45) is 0 Å². The third-order valence-electron chi connectivity index (χ3n) is 4.70. The van der Waals surface area contributed by atoms with Crippen molar-refractivity contribution in [2.45, 2.75) is 12.8 Å². The third kappa shape index (κ3) is 6.73. The highest BCUT2D eigenvalue weighted by Crippen LogP contribution is 2.36. The minimum Gasteiger partial charge on any atom is -0.493 e. The Balaban J connectivity index is 1.84. The number of amides is 1. The molecule has 0 fully saturated rings. The first-order chi connectivity index (χ1) is 16.6. The van der Waals surface area contributed by atoms with Gasteiger partial charge in [0.25, 0.3) is 5.91 Å². The molecule has 1 amide bonds. The molecular formula is C25H17F4IN2O3. The van der Waals surface area contributed by atoms with Crippen molar-refractivity contribution in [1.82, 2.24) is 0 Å². The van der Waals surface area contributed by atoms with Crippen LogP contribution < -0.4 is 14.8 Å². The van der Waals surface area contributed by atoms with Gasteiger partial charge in [-0.05, 0) is 76.2 Å². The highest BCUT2D eigenvalue weighted by Gasteiger charge is 2.33. The van der Waals surface area contributed by atoms with Crippen molar-refractivity contribution in [3.8, 4) is 17.6 Å². The van der Waals surface area contributed by atoms with E-state index in [1.54, 1.807) is 24.3 Å². The molecule has 0 atom stereocenters. The summed E-state index contributed by atoms with van der Waals surface area (Å²) in [7, 11) is 1.41. The van der Waals surface area contributed by atoms with E-state index in [2.05, 4.69) is 5.32 Å². The zero-order valence-corrected chi connectivity index (χ0v) is 20.3. The second-order valence-corrected chi connectivity index (χ2v) is 8.28. The minimum absolute atomic E-state index is 0.145. The number of carbonyl (C=O) groups is 1. The molecule has 0 unspecified atom stereocenters. The van der Waals surface area contributed by atoms with Crippen molar-refractivity contribution < 1.29 is 31.8 Å². The van der Waals surface area contributed by atoms with Crippen LogP contribution in [0, 0.1) is 20.7 Å². The summed E-state index contributed by atoms with van der Waals surface area (Å²) in [5, 5.41) is 11.6. The van der Waals surface area contributed by atoms with E-state index in [0.29, 0.717) is 20.6 Å². The van der Waals surface area contributed by atoms with Gasteiger partial charge in [0, 0.05) is 0 Å². The molecule has 0 saturated carbocycles. The quantitative estimate of drug-likeness (QED) is 0.145. The number of methoxy groups -OCH3 is 1. The summed E-state index contributed by atoms with van der Waals surface area (Å²) < 4.78 is 64.5. The Morgan fingerprint density at radius 3 is 2.46 bits per heavy atom. The SMILES string of the molecule is COc1cc(/C=C(/C#N)C(=O)Nc2ccccc2C(F)(F)F)cc(I)c1OCc1ccc(F)cc1. The van der Waals surface area contributed by atoms with Gasteiger partial charge in [-0.2, -0.15) is 18.4 Å². The number of nitrogens with one attached hydrogen (secondary N) is 1. The van der Waals surface area contributed by atoms with Crippen molar-refractivity contribution in [1.29, 1.82) is 5.26 Å². The van der Waals surface area contributed by atoms with Crippen LogP contribution in [-0.2, 0) is 17.6 Å². The maximum Gasteiger partial charge on any atom is 0.418 e. The lowest BCUT2D eigenvalue weighted by molar-refractivity contribution is -0.137. The lowest BCUT2D eigenvalue weighted by Gasteiger charge is -2.14. The van der Waals surface area contributed by atoms with Gasteiger partial charge in [0.1, 0.15) is 24.1 Å². The summed E-state index contributed by atoms with van der Waals surface area (Å²) in [5.41, 5.74) is -0.751. The average Bonchev–Trinajstić information content (AvgIpc) is 2.82. The molecule has 5 nitrogen and oxygen atoms in total. The lowest BCUT2D eigenvalue weighted by atomic mass is 10.1. The average molecular weight is 596 g/mol. The van der Waals surface area contributed by atoms with Crippen molar-refractivity contribution in [3.05, 3.63) is 92.3 Å². The monoisotopic (exact) mass is 596 g/mol. The molecule has 3 aromatic carbocycles. The van der Waals surface area contributed by atoms with Crippen LogP contribution in [0.15, 0.2) is 66.2 Å². The van der Waals surface area contributed by atoms with Gasteiger partial charge in [0.05, 0.1) is 21.9 Å². The molecule has 35 heavy (non-hydrogen) atoms. The summed E-state index contributed by atoms with van der Waals surface area (Å²) in [4.78, 5) is 12.6. The number of hydrogen-bond donors (Lipinski definition) is 1. The largest absolute Gasteiger partial charge is 0.493 e. The first-order valence-electron chi connectivity index (χ1n) is 9.96. The Labute approximate surface area is 212 Å². The molecular weight excluding hydrogens is 579 g/mol. The molecule has 0 spiro atoms. The Morgan fingerprint density at radius 1 is 1.14 bits per heavy atom. The van der Waals surface area contributed by atoms with Gasteiger partial charge in [-0.1, -0.05) is 24.3 Å². The topological polar surface area (TPSA) is 71.3 Å². The summed E-state index contributed by atoms with van der Waals surface area (Å²) in [6.07, 6.45) is -3.44. The predicted octanol–water partition coefficient (Wildman–Crippen LogP) is 6.58. The number of halogens is 5. The van der Waals surface area contributed by atoms with E-state index in [4.69, 9.17) is 9.47 Å². The first-order valence-corrected chi connectivity index (χ1v) is 11.0. The number of para-hydroxylation sites is 1. The number of nitriles is 1. The van der Waals surface area contributed by atoms with Crippen LogP contribution in [0.1, 0.15) is 16.7 Å². The summed E-state index contributed by atoms with van der Waals surface area (Å²) in [6, 6.07) is 15.2. The standard InChI is InChI=1S/C25H17F4IN2O3/c1-34-22-12-16(11-20(30)23(22)35-14-15-6-8-18(26)9-7-15)10-17(13-31)24(33)32-21-5-3-2-4-19(21)25(27,28)29/h2-12H,14H2,1H3,(H,32,33)/b17-10-. The van der Waals surface area contributed by atoms with Crippen LogP contribution in [0.2, 0.25) is 0 Å². The Morgan fingerprint density at radius 2 is 1.83 bits per heavy atom. The van der Waals surface area contributed by atoms with Gasteiger partial charge < -0.3 is 14.8 Å². The molecule has 3 aromatic rings. The van der Waals surface area contributed by atoms with Gasteiger partial charge >= 0.3 is 6.18 Å². The van der Waals surface area contributed by atoms with E-state index in [-0.39, 0.29) is 12.4 Å². The molecule has 0 bridgehead atoms. The first kappa shape index (κ1) is 26.0. The highest BCUT2D eigenvalue weighted by atomic mass is 127. The number of benzene rings is 3. The Hall–Kier alpha value is -3.59. The molecule has 3 rings (SSSR count). The van der Waals surface area contributed by atoms with E-state index < -0.39 is 28.9 Å². The second-order valence-electron chi connectivity index (χ2n) is 7.12. The molecule has 0 heterocycles. The highest BCUT2D eigenvalue weighted by molar-refractivity contribution is 14.1. The number of rotatable bonds is 7. The molecule has 0 aliphatic rings. The zero-order valence-electron chi connectivity index (χ0n) is 18.1. The van der Waals surface area contributed by atoms with E-state index in [0.717, 1.165) is 17.7 Å². The second kappa shape index (κ2) is 11.2. The van der Waals surface area contributed by atoms with Crippen LogP contribution in [0.4, 0.5) is 23.2 Å². The van der Waals surface area contributed by atoms with Gasteiger partial charge in [-0.3, -0.25) is 4.79 Å². The minimum atomic E-state index is -4.67. The van der Waals surface area contributed by atoms with Crippen LogP contribution in [0.25, 0.3) is 6.08 Å². The Kier molecular flexibility index (Phi) is 8.34. The molecule has 0 radical (unpaired) electrons. The summed E-state index contributed by atoms with van der Waals surface area (Å²) in [5.74, 6) is -0.645. The van der Waals surface area contributed by atoms with Crippen LogP contribution in [-0.4, -0.2) is 13.0 Å².